The second-order valence-electron chi connectivity index (χ2n) is 9.61. The van der Waals surface area contributed by atoms with Gasteiger partial charge in [-0.1, -0.05) is 41.9 Å². The van der Waals surface area contributed by atoms with Crippen LogP contribution in [0.3, 0.4) is 0 Å². The average Bonchev–Trinajstić information content (AvgIpc) is 3.49. The highest BCUT2D eigenvalue weighted by molar-refractivity contribution is 6.34. The summed E-state index contributed by atoms with van der Waals surface area (Å²) in [5.41, 5.74) is 8.75. The summed E-state index contributed by atoms with van der Waals surface area (Å²) < 4.78 is 6.87. The second-order valence-corrected chi connectivity index (χ2v) is 10.0. The van der Waals surface area contributed by atoms with Crippen LogP contribution in [0.2, 0.25) is 5.02 Å². The highest BCUT2D eigenvalue weighted by atomic mass is 35.5. The predicted molar refractivity (Wildman–Crippen MR) is 136 cm³/mol. The molecule has 2 aliphatic rings. The van der Waals surface area contributed by atoms with Crippen LogP contribution in [-0.2, 0) is 23.2 Å². The summed E-state index contributed by atoms with van der Waals surface area (Å²) in [6, 6.07) is 14.0. The molecular weight excluding hydrogens is 480 g/mol. The number of halogens is 1. The maximum absolute atomic E-state index is 13.3. The fraction of sp³-hybridized carbons (Fsp3) is 0.333. The smallest absolute Gasteiger partial charge is 0.339 e. The van der Waals surface area contributed by atoms with Gasteiger partial charge in [0, 0.05) is 31.5 Å². The van der Waals surface area contributed by atoms with Crippen molar-refractivity contribution >= 4 is 40.8 Å². The third-order valence-corrected chi connectivity index (χ3v) is 7.53. The monoisotopic (exact) mass is 506 g/mol. The van der Waals surface area contributed by atoms with Gasteiger partial charge in [-0.2, -0.15) is 5.10 Å². The topological polar surface area (TPSA) is 116 Å². The fourth-order valence-corrected chi connectivity index (χ4v) is 5.69. The summed E-state index contributed by atoms with van der Waals surface area (Å²) in [6.07, 6.45) is 2.89. The maximum atomic E-state index is 13.3. The maximum Gasteiger partial charge on any atom is 0.339 e. The Kier molecular flexibility index (Phi) is 6.53. The van der Waals surface area contributed by atoms with Gasteiger partial charge >= 0.3 is 5.97 Å². The van der Waals surface area contributed by atoms with Crippen molar-refractivity contribution in [3.8, 4) is 0 Å². The van der Waals surface area contributed by atoms with E-state index in [0.29, 0.717) is 47.4 Å². The van der Waals surface area contributed by atoms with E-state index in [0.717, 1.165) is 18.4 Å². The van der Waals surface area contributed by atoms with E-state index < -0.39 is 5.97 Å². The van der Waals surface area contributed by atoms with Gasteiger partial charge in [0.25, 0.3) is 5.91 Å². The number of amides is 1. The summed E-state index contributed by atoms with van der Waals surface area (Å²) in [5.74, 6) is 0.464. The van der Waals surface area contributed by atoms with Crippen LogP contribution in [-0.4, -0.2) is 27.4 Å². The summed E-state index contributed by atoms with van der Waals surface area (Å²) in [5, 5.41) is 7.56. The lowest BCUT2D eigenvalue weighted by Crippen LogP contribution is -2.17. The molecular formula is C27H27ClN4O4. The first-order valence-corrected chi connectivity index (χ1v) is 12.3. The third kappa shape index (κ3) is 4.73. The Morgan fingerprint density at radius 2 is 1.83 bits per heavy atom. The number of anilines is 2. The van der Waals surface area contributed by atoms with E-state index in [4.69, 9.17) is 22.1 Å². The Morgan fingerprint density at radius 3 is 2.50 bits per heavy atom. The number of nitrogens with zero attached hydrogens (tertiary/aromatic N) is 2. The number of ketones is 1. The SMILES string of the molecule is Cn1nc(C2CC3CC(=O)CC3C2)c(C(=O)Nc2ccc(C(=O)OCc3ccccc3)c(Cl)c2)c1N. The number of nitrogens with one attached hydrogen (secondary N) is 1. The largest absolute Gasteiger partial charge is 0.457 e. The van der Waals surface area contributed by atoms with Crippen LogP contribution in [0.4, 0.5) is 11.5 Å². The van der Waals surface area contributed by atoms with Crippen LogP contribution in [0.5, 0.6) is 0 Å². The molecule has 1 aromatic heterocycles. The van der Waals surface area contributed by atoms with Gasteiger partial charge in [-0.25, -0.2) is 4.79 Å². The molecule has 0 radical (unpaired) electrons. The minimum atomic E-state index is -0.550. The van der Waals surface area contributed by atoms with Crippen molar-refractivity contribution < 1.29 is 19.1 Å². The molecule has 2 atom stereocenters. The Balaban J connectivity index is 1.29. The molecule has 0 bridgehead atoms. The normalized spacial score (nSPS) is 20.8. The van der Waals surface area contributed by atoms with E-state index in [-0.39, 0.29) is 34.8 Å². The first-order valence-electron chi connectivity index (χ1n) is 12.0. The fourth-order valence-electron chi connectivity index (χ4n) is 5.43. The van der Waals surface area contributed by atoms with Crippen molar-refractivity contribution in [3.05, 3.63) is 75.9 Å². The molecule has 36 heavy (non-hydrogen) atoms. The lowest BCUT2D eigenvalue weighted by molar-refractivity contribution is -0.117. The van der Waals surface area contributed by atoms with Crippen LogP contribution < -0.4 is 11.1 Å². The number of aromatic nitrogens is 2. The van der Waals surface area contributed by atoms with Gasteiger partial charge in [-0.3, -0.25) is 14.3 Å². The molecule has 0 saturated heterocycles. The van der Waals surface area contributed by atoms with Crippen LogP contribution in [0.1, 0.15) is 63.6 Å². The zero-order valence-corrected chi connectivity index (χ0v) is 20.6. The lowest BCUT2D eigenvalue weighted by Gasteiger charge is -2.12. The lowest BCUT2D eigenvalue weighted by atomic mass is 9.96. The highest BCUT2D eigenvalue weighted by Crippen LogP contribution is 2.50. The number of hydrogen-bond donors (Lipinski definition) is 2. The molecule has 0 spiro atoms. The predicted octanol–water partition coefficient (Wildman–Crippen LogP) is 4.74. The Labute approximate surface area is 213 Å². The number of rotatable bonds is 6. The Morgan fingerprint density at radius 1 is 1.14 bits per heavy atom. The summed E-state index contributed by atoms with van der Waals surface area (Å²) in [6.45, 7) is 0.134. The molecule has 1 heterocycles. The van der Waals surface area contributed by atoms with Crippen molar-refractivity contribution in [2.75, 3.05) is 11.1 Å². The number of Topliss-reactive ketones (excluding diaryl/α,β-unsaturated/α-hetero) is 1. The van der Waals surface area contributed by atoms with Crippen LogP contribution in [0.15, 0.2) is 48.5 Å². The molecule has 9 heteroatoms. The number of aryl methyl sites for hydroxylation is 1. The van der Waals surface area contributed by atoms with Gasteiger partial charge in [0.1, 0.15) is 23.8 Å². The number of carbonyl (C=O) groups is 3. The number of ether oxygens (including phenoxy) is 1. The zero-order valence-electron chi connectivity index (χ0n) is 19.9. The van der Waals surface area contributed by atoms with Gasteiger partial charge in [-0.15, -0.1) is 0 Å². The Hall–Kier alpha value is -3.65. The van der Waals surface area contributed by atoms with Gasteiger partial charge in [-0.05, 0) is 48.4 Å². The van der Waals surface area contributed by atoms with Crippen LogP contribution in [0.25, 0.3) is 0 Å². The number of fused-ring (bicyclic) bond motifs is 1. The average molecular weight is 507 g/mol. The van der Waals surface area contributed by atoms with E-state index in [1.54, 1.807) is 13.1 Å². The number of benzene rings is 2. The number of carbonyl (C=O) groups excluding carboxylic acids is 3. The quantitative estimate of drug-likeness (QED) is 0.466. The standard InChI is InChI=1S/C27H27ClN4O4/c1-32-25(29)23(24(31-32)18-9-16-11-20(33)12-17(16)10-18)26(34)30-19-7-8-21(22(28)13-19)27(35)36-14-15-5-3-2-4-6-15/h2-8,13,16-18H,9-12,14,29H2,1H3,(H,30,34). The first-order chi connectivity index (χ1) is 17.3. The number of nitrogens with two attached hydrogens (primary N) is 1. The van der Waals surface area contributed by atoms with Gasteiger partial charge in [0.2, 0.25) is 0 Å². The molecule has 2 saturated carbocycles. The summed E-state index contributed by atoms with van der Waals surface area (Å²) >= 11 is 6.35. The Bertz CT molecular complexity index is 1320. The van der Waals surface area contributed by atoms with Crippen LogP contribution >= 0.6 is 11.6 Å². The van der Waals surface area contributed by atoms with Crippen molar-refractivity contribution in [1.29, 1.82) is 0 Å². The summed E-state index contributed by atoms with van der Waals surface area (Å²) in [4.78, 5) is 37.6. The molecule has 8 nitrogen and oxygen atoms in total. The molecule has 186 valence electrons. The van der Waals surface area contributed by atoms with Crippen molar-refractivity contribution in [2.24, 2.45) is 18.9 Å². The van der Waals surface area contributed by atoms with Crippen molar-refractivity contribution in [1.82, 2.24) is 9.78 Å². The van der Waals surface area contributed by atoms with Crippen molar-refractivity contribution in [3.63, 3.8) is 0 Å². The number of hydrogen-bond acceptors (Lipinski definition) is 6. The molecule has 3 aromatic rings. The van der Waals surface area contributed by atoms with E-state index in [2.05, 4.69) is 10.4 Å². The molecule has 2 aliphatic carbocycles. The molecule has 2 fully saturated rings. The first kappa shape index (κ1) is 24.1. The highest BCUT2D eigenvalue weighted by Gasteiger charge is 2.43. The molecule has 1 amide bonds. The number of esters is 1. The van der Waals surface area contributed by atoms with Crippen molar-refractivity contribution in [2.45, 2.75) is 38.2 Å². The van der Waals surface area contributed by atoms with Gasteiger partial charge < -0.3 is 15.8 Å². The molecule has 3 N–H and O–H groups in total. The second kappa shape index (κ2) is 9.78. The zero-order chi connectivity index (χ0) is 25.4. The number of nitrogen functional groups attached to an aromatic ring is 1. The van der Waals surface area contributed by atoms with Crippen LogP contribution in [0, 0.1) is 11.8 Å². The minimum absolute atomic E-state index is 0.0858. The molecule has 2 aromatic carbocycles. The van der Waals surface area contributed by atoms with Gasteiger partial charge in [0.15, 0.2) is 0 Å². The molecule has 5 rings (SSSR count). The summed E-state index contributed by atoms with van der Waals surface area (Å²) in [7, 11) is 1.71. The molecule has 0 aliphatic heterocycles. The van der Waals surface area contributed by atoms with E-state index in [1.807, 2.05) is 30.3 Å². The van der Waals surface area contributed by atoms with E-state index in [1.165, 1.54) is 16.8 Å². The minimum Gasteiger partial charge on any atom is -0.457 e. The van der Waals surface area contributed by atoms with E-state index >= 15 is 0 Å². The van der Waals surface area contributed by atoms with Gasteiger partial charge in [0.05, 0.1) is 16.3 Å². The van der Waals surface area contributed by atoms with E-state index in [9.17, 15) is 14.4 Å². The molecule has 2 unspecified atom stereocenters. The third-order valence-electron chi connectivity index (χ3n) is 7.21.